The summed E-state index contributed by atoms with van der Waals surface area (Å²) in [6, 6.07) is 0. The Kier molecular flexibility index (Phi) is 7.02. The normalized spacial score (nSPS) is 11.9. The first-order chi connectivity index (χ1) is 12.8. The van der Waals surface area contributed by atoms with Gasteiger partial charge in [-0.05, 0) is 0 Å². The quantitative estimate of drug-likeness (QED) is 0.302. The number of carbonyl (C=O) groups is 3. The van der Waals surface area contributed by atoms with Crippen LogP contribution in [0.25, 0.3) is 11.2 Å². The zero-order valence-corrected chi connectivity index (χ0v) is 15.6. The van der Waals surface area contributed by atoms with Crippen molar-refractivity contribution in [2.45, 2.75) is 33.6 Å². The first kappa shape index (κ1) is 20.5. The van der Waals surface area contributed by atoms with Gasteiger partial charge in [0, 0.05) is 27.2 Å². The van der Waals surface area contributed by atoms with Crippen molar-refractivity contribution >= 4 is 46.6 Å². The van der Waals surface area contributed by atoms with Crippen LogP contribution in [0.1, 0.15) is 33.6 Å². The number of hydrogen-bond donors (Lipinski definition) is 1. The van der Waals surface area contributed by atoms with Gasteiger partial charge in [0.05, 0.1) is 13.2 Å². The Morgan fingerprint density at radius 2 is 1.93 bits per heavy atom. The third-order valence-corrected chi connectivity index (χ3v) is 3.28. The molecule has 12 heteroatoms. The molecule has 0 aliphatic rings. The van der Waals surface area contributed by atoms with E-state index in [1.54, 1.807) is 0 Å². The van der Waals surface area contributed by atoms with Crippen LogP contribution in [0, 0.1) is 0 Å². The Morgan fingerprint density at radius 1 is 1.19 bits per heavy atom. The van der Waals surface area contributed by atoms with Crippen molar-refractivity contribution in [1.29, 1.82) is 0 Å². The third kappa shape index (κ3) is 5.86. The minimum Gasteiger partial charge on any atom is -0.466 e. The number of imidazole rings is 1. The van der Waals surface area contributed by atoms with E-state index in [1.807, 2.05) is 0 Å². The van der Waals surface area contributed by atoms with Crippen LogP contribution >= 0.6 is 11.6 Å². The molecule has 1 unspecified atom stereocenters. The van der Waals surface area contributed by atoms with Crippen molar-refractivity contribution in [1.82, 2.24) is 19.5 Å². The minimum atomic E-state index is -1.18. The van der Waals surface area contributed by atoms with Crippen LogP contribution in [-0.4, -0.2) is 50.6 Å². The van der Waals surface area contributed by atoms with E-state index >= 15 is 0 Å². The predicted octanol–water partition coefficient (Wildman–Crippen LogP) is 1.43. The molecule has 0 saturated carbocycles. The third-order valence-electron chi connectivity index (χ3n) is 3.02. The van der Waals surface area contributed by atoms with Crippen LogP contribution in [0.15, 0.2) is 6.33 Å². The largest absolute Gasteiger partial charge is 0.466 e. The molecule has 0 saturated heterocycles. The fourth-order valence-electron chi connectivity index (χ4n) is 2.02. The van der Waals surface area contributed by atoms with Gasteiger partial charge in [0.25, 0.3) is 6.41 Å². The lowest BCUT2D eigenvalue weighted by atomic mass is 10.5. The van der Waals surface area contributed by atoms with Crippen LogP contribution in [-0.2, 0) is 28.6 Å². The molecule has 11 nitrogen and oxygen atoms in total. The average molecular weight is 400 g/mol. The highest BCUT2D eigenvalue weighted by Crippen LogP contribution is 2.24. The lowest BCUT2D eigenvalue weighted by Crippen LogP contribution is -2.20. The molecule has 1 amide bonds. The Morgan fingerprint density at radius 3 is 2.56 bits per heavy atom. The van der Waals surface area contributed by atoms with Crippen LogP contribution in [0.4, 0.5) is 5.95 Å². The van der Waals surface area contributed by atoms with E-state index in [4.69, 9.17) is 25.8 Å². The Balaban J connectivity index is 2.24. The van der Waals surface area contributed by atoms with Crippen molar-refractivity contribution in [2.75, 3.05) is 18.5 Å². The fraction of sp³-hybridized carbons (Fsp3) is 0.467. The van der Waals surface area contributed by atoms with E-state index in [-0.39, 0.29) is 41.4 Å². The van der Waals surface area contributed by atoms with Gasteiger partial charge >= 0.3 is 11.9 Å². The topological polar surface area (TPSA) is 135 Å². The smallest absolute Gasteiger partial charge is 0.306 e. The maximum absolute atomic E-state index is 11.4. The van der Waals surface area contributed by atoms with Crippen molar-refractivity contribution in [3.8, 4) is 0 Å². The number of amides is 1. The van der Waals surface area contributed by atoms with Gasteiger partial charge in [0.2, 0.25) is 11.9 Å². The SMILES string of the molecule is CC(=O)Nc1nc(Cl)c2ncn(C(OCCCOC(C)=O)OC(C)=O)c2n1. The molecule has 1 N–H and O–H groups in total. The molecule has 0 bridgehead atoms. The number of nitrogens with zero attached hydrogens (tertiary/aromatic N) is 4. The van der Waals surface area contributed by atoms with Gasteiger partial charge in [-0.2, -0.15) is 9.97 Å². The highest BCUT2D eigenvalue weighted by atomic mass is 35.5. The van der Waals surface area contributed by atoms with Crippen LogP contribution in [0.3, 0.4) is 0 Å². The standard InChI is InChI=1S/C15H18ClN5O6/c1-8(22)18-14-19-12(16)11-13(20-14)21(7-17-11)15(27-10(3)24)26-6-4-5-25-9(2)23/h7,15H,4-6H2,1-3H3,(H,18,19,20,22). The maximum Gasteiger partial charge on any atom is 0.306 e. The second kappa shape index (κ2) is 9.24. The monoisotopic (exact) mass is 399 g/mol. The fourth-order valence-corrected chi connectivity index (χ4v) is 2.24. The van der Waals surface area contributed by atoms with E-state index < -0.39 is 18.4 Å². The molecule has 27 heavy (non-hydrogen) atoms. The summed E-state index contributed by atoms with van der Waals surface area (Å²) in [4.78, 5) is 45.6. The molecule has 2 heterocycles. The highest BCUT2D eigenvalue weighted by Gasteiger charge is 2.21. The number of fused-ring (bicyclic) bond motifs is 1. The summed E-state index contributed by atoms with van der Waals surface area (Å²) in [6.07, 6.45) is 0.528. The summed E-state index contributed by atoms with van der Waals surface area (Å²) in [6.45, 7) is 4.11. The molecule has 2 aromatic heterocycles. The molecule has 0 spiro atoms. The van der Waals surface area contributed by atoms with E-state index in [1.165, 1.54) is 31.7 Å². The number of nitrogens with one attached hydrogen (secondary N) is 1. The molecule has 0 aliphatic heterocycles. The van der Waals surface area contributed by atoms with Gasteiger partial charge in [0.1, 0.15) is 11.8 Å². The first-order valence-electron chi connectivity index (χ1n) is 7.87. The molecule has 2 aromatic rings. The van der Waals surface area contributed by atoms with Crippen molar-refractivity contribution in [2.24, 2.45) is 0 Å². The Bertz CT molecular complexity index is 855. The zero-order chi connectivity index (χ0) is 20.0. The molecule has 0 aromatic carbocycles. The number of esters is 2. The summed E-state index contributed by atoms with van der Waals surface area (Å²) in [5.41, 5.74) is 0.441. The van der Waals surface area contributed by atoms with Crippen molar-refractivity contribution in [3.05, 3.63) is 11.5 Å². The lowest BCUT2D eigenvalue weighted by Gasteiger charge is -2.19. The number of rotatable bonds is 8. The summed E-state index contributed by atoms with van der Waals surface area (Å²) < 4.78 is 16.8. The molecule has 0 aliphatic carbocycles. The van der Waals surface area contributed by atoms with Crippen LogP contribution in [0.2, 0.25) is 5.15 Å². The molecule has 0 radical (unpaired) electrons. The molecule has 1 atom stereocenters. The molecule has 146 valence electrons. The van der Waals surface area contributed by atoms with Crippen molar-refractivity contribution in [3.63, 3.8) is 0 Å². The molecule has 2 rings (SSSR count). The Labute approximate surface area is 159 Å². The lowest BCUT2D eigenvalue weighted by molar-refractivity contribution is -0.200. The molecular weight excluding hydrogens is 382 g/mol. The van der Waals surface area contributed by atoms with Crippen molar-refractivity contribution < 1.29 is 28.6 Å². The number of aromatic nitrogens is 4. The van der Waals surface area contributed by atoms with E-state index in [0.29, 0.717) is 6.42 Å². The van der Waals surface area contributed by atoms with Gasteiger partial charge < -0.3 is 14.2 Å². The van der Waals surface area contributed by atoms with Gasteiger partial charge in [-0.3, -0.25) is 24.3 Å². The summed E-state index contributed by atoms with van der Waals surface area (Å²) in [5.74, 6) is -1.40. The number of anilines is 1. The first-order valence-corrected chi connectivity index (χ1v) is 8.25. The van der Waals surface area contributed by atoms with Gasteiger partial charge in [-0.15, -0.1) is 0 Å². The number of ether oxygens (including phenoxy) is 3. The summed E-state index contributed by atoms with van der Waals surface area (Å²) >= 11 is 6.07. The Hall–Kier alpha value is -2.79. The number of halogens is 1. The van der Waals surface area contributed by atoms with E-state index in [0.717, 1.165) is 0 Å². The van der Waals surface area contributed by atoms with E-state index in [9.17, 15) is 14.4 Å². The predicted molar refractivity (Wildman–Crippen MR) is 92.6 cm³/mol. The minimum absolute atomic E-state index is 0.0129. The summed E-state index contributed by atoms with van der Waals surface area (Å²) in [7, 11) is 0. The number of hydrogen-bond acceptors (Lipinski definition) is 9. The second-order valence-electron chi connectivity index (χ2n) is 5.32. The van der Waals surface area contributed by atoms with Crippen LogP contribution in [0.5, 0.6) is 0 Å². The highest BCUT2D eigenvalue weighted by molar-refractivity contribution is 6.33. The van der Waals surface area contributed by atoms with E-state index in [2.05, 4.69) is 20.3 Å². The van der Waals surface area contributed by atoms with Gasteiger partial charge in [-0.1, -0.05) is 11.6 Å². The number of carbonyl (C=O) groups excluding carboxylic acids is 3. The second-order valence-corrected chi connectivity index (χ2v) is 5.68. The maximum atomic E-state index is 11.4. The molecule has 0 fully saturated rings. The van der Waals surface area contributed by atoms with Gasteiger partial charge in [-0.25, -0.2) is 4.98 Å². The summed E-state index contributed by atoms with van der Waals surface area (Å²) in [5, 5.41) is 2.43. The average Bonchev–Trinajstić information content (AvgIpc) is 2.96. The zero-order valence-electron chi connectivity index (χ0n) is 14.9. The van der Waals surface area contributed by atoms with Crippen LogP contribution < -0.4 is 5.32 Å². The molecular formula is C15H18ClN5O6. The van der Waals surface area contributed by atoms with Gasteiger partial charge in [0.15, 0.2) is 10.8 Å².